The second-order valence-electron chi connectivity index (χ2n) is 21.1. The molecule has 2 aromatic carbocycles. The molecule has 1 aliphatic heterocycles. The van der Waals surface area contributed by atoms with Crippen LogP contribution in [0.4, 0.5) is 5.69 Å². The quantitative estimate of drug-likeness (QED) is 0.0153. The van der Waals surface area contributed by atoms with Crippen LogP contribution in [0.2, 0.25) is 0 Å². The maximum Gasteiger partial charge on any atom is 0.245 e. The molecule has 30 nitrogen and oxygen atoms in total. The third-order valence-electron chi connectivity index (χ3n) is 13.7. The van der Waals surface area contributed by atoms with Gasteiger partial charge in [0.05, 0.1) is 23.9 Å². The third kappa shape index (κ3) is 21.2. The fraction of sp³-hybridized carbons (Fsp3) is 0.566. The average molecular weight is 1200 g/mol. The second-order valence-corrected chi connectivity index (χ2v) is 22.8. The van der Waals surface area contributed by atoms with Crippen LogP contribution in [0.25, 0.3) is 10.8 Å². The van der Waals surface area contributed by atoms with Gasteiger partial charge in [-0.25, -0.2) is 13.4 Å². The van der Waals surface area contributed by atoms with Gasteiger partial charge in [0, 0.05) is 68.5 Å². The Bertz CT molecular complexity index is 2900. The molecule has 4 rings (SSSR count). The van der Waals surface area contributed by atoms with E-state index in [1.165, 1.54) is 30.4 Å². The van der Waals surface area contributed by atoms with Gasteiger partial charge in [-0.3, -0.25) is 48.3 Å². The standard InChI is InChI=1S/C53H85N19O11S/c1-30(2)25-39(70-84(82,83)42-20-9-13-33-34(42)14-8-18-40(33)71(4)5)51(81)72-24-12-19-41(72)49(79)68-36(15-6-7-21-54)47(77)69-44(31(3)73)50(80)63-28-43(74)65-38(26-32-27-60-29-64-32)48(78)67-37(17-11-23-62-53(58)59)46(76)66-35(45(55)75)16-10-22-61-52(56)57/h8-9,13-14,18,20,27,29-31,35-39,41,44,70,73H,6-7,10-12,15-17,19,21-26,28,54H2,1-5H3,(H2,55,75)(H,60,64)(H,63,80)(H,65,74)(H,66,76)(H,67,78)(H,68,79)(H,69,77)(H4,56,57,61)(H4,58,59,62)/t31-,35+,36+,37+,38+,39+,41+,44+/m1/s1. The number of likely N-dealkylation sites (tertiary alicyclic amines) is 1. The number of guanidine groups is 2. The molecule has 0 aliphatic carbocycles. The highest BCUT2D eigenvalue weighted by Crippen LogP contribution is 2.31. The summed E-state index contributed by atoms with van der Waals surface area (Å²) in [4.78, 5) is 128. The Morgan fingerprint density at radius 3 is 1.94 bits per heavy atom. The van der Waals surface area contributed by atoms with E-state index in [9.17, 15) is 51.9 Å². The van der Waals surface area contributed by atoms with Crippen molar-refractivity contribution in [2.45, 2.75) is 145 Å². The number of nitrogens with one attached hydrogen (secondary N) is 8. The van der Waals surface area contributed by atoms with Crippen LogP contribution in [-0.2, 0) is 54.8 Å². The highest BCUT2D eigenvalue weighted by molar-refractivity contribution is 7.89. The molecule has 464 valence electrons. The van der Waals surface area contributed by atoms with Crippen LogP contribution in [0.3, 0.4) is 0 Å². The van der Waals surface area contributed by atoms with Gasteiger partial charge < -0.3 is 86.2 Å². The van der Waals surface area contributed by atoms with Gasteiger partial charge in [-0.15, -0.1) is 0 Å². The van der Waals surface area contributed by atoms with Crippen molar-refractivity contribution in [1.29, 1.82) is 0 Å². The van der Waals surface area contributed by atoms with Crippen LogP contribution in [-0.4, -0.2) is 183 Å². The molecule has 21 N–H and O–H groups in total. The summed E-state index contributed by atoms with van der Waals surface area (Å²) in [5, 5.41) is 27.2. The van der Waals surface area contributed by atoms with Crippen molar-refractivity contribution >= 4 is 85.7 Å². The molecule has 1 aromatic heterocycles. The number of amides is 8. The number of primary amides is 1. The van der Waals surface area contributed by atoms with Crippen LogP contribution in [0.15, 0.2) is 63.8 Å². The van der Waals surface area contributed by atoms with Crippen molar-refractivity contribution in [3.05, 3.63) is 54.6 Å². The van der Waals surface area contributed by atoms with Crippen LogP contribution in [0, 0.1) is 5.92 Å². The first kappa shape index (κ1) is 68.3. The maximum atomic E-state index is 14.5. The van der Waals surface area contributed by atoms with Gasteiger partial charge in [0.25, 0.3) is 0 Å². The topological polar surface area (TPSA) is 491 Å². The van der Waals surface area contributed by atoms with Crippen LogP contribution < -0.4 is 75.9 Å². The Morgan fingerprint density at radius 2 is 1.35 bits per heavy atom. The number of nitrogens with zero attached hydrogens (tertiary/aromatic N) is 5. The predicted octanol–water partition coefficient (Wildman–Crippen LogP) is -3.80. The molecule has 0 radical (unpaired) electrons. The zero-order valence-corrected chi connectivity index (χ0v) is 49.1. The first-order valence-corrected chi connectivity index (χ1v) is 29.3. The molecule has 0 unspecified atom stereocenters. The number of carbonyl (C=O) groups excluding carboxylic acids is 8. The minimum absolute atomic E-state index is 0.0212. The lowest BCUT2D eigenvalue weighted by Crippen LogP contribution is -2.60. The van der Waals surface area contributed by atoms with Crippen molar-refractivity contribution in [2.75, 3.05) is 51.7 Å². The molecule has 84 heavy (non-hydrogen) atoms. The van der Waals surface area contributed by atoms with E-state index < -0.39 is 112 Å². The number of nitrogens with two attached hydrogens (primary N) is 6. The summed E-state index contributed by atoms with van der Waals surface area (Å²) in [5.74, 6) is -7.24. The fourth-order valence-corrected chi connectivity index (χ4v) is 10.9. The molecular formula is C53H85N19O11S. The third-order valence-corrected chi connectivity index (χ3v) is 15.2. The number of aliphatic imine (C=N–C) groups is 2. The number of benzene rings is 2. The van der Waals surface area contributed by atoms with Gasteiger partial charge in [-0.2, -0.15) is 4.72 Å². The summed E-state index contributed by atoms with van der Waals surface area (Å²) >= 11 is 0. The molecule has 8 atom stereocenters. The number of sulfonamides is 1. The van der Waals surface area contributed by atoms with E-state index in [1.807, 2.05) is 45.0 Å². The first-order chi connectivity index (χ1) is 39.7. The Labute approximate surface area is 488 Å². The van der Waals surface area contributed by atoms with Gasteiger partial charge in [0.2, 0.25) is 57.3 Å². The Kier molecular flexibility index (Phi) is 27.0. The van der Waals surface area contributed by atoms with Crippen molar-refractivity contribution in [2.24, 2.45) is 50.3 Å². The van der Waals surface area contributed by atoms with E-state index in [1.54, 1.807) is 18.2 Å². The molecule has 8 amide bonds. The van der Waals surface area contributed by atoms with Gasteiger partial charge >= 0.3 is 0 Å². The van der Waals surface area contributed by atoms with E-state index in [4.69, 9.17) is 34.4 Å². The summed E-state index contributed by atoms with van der Waals surface area (Å²) in [6, 6.07) is 0.911. The van der Waals surface area contributed by atoms with E-state index in [0.29, 0.717) is 35.7 Å². The summed E-state index contributed by atoms with van der Waals surface area (Å²) in [5.41, 5.74) is 34.2. The molecule has 31 heteroatoms. The number of H-pyrrole nitrogens is 1. The van der Waals surface area contributed by atoms with Gasteiger partial charge in [-0.05, 0) is 95.7 Å². The molecule has 2 heterocycles. The lowest BCUT2D eigenvalue weighted by Gasteiger charge is -2.31. The monoisotopic (exact) mass is 1200 g/mol. The van der Waals surface area contributed by atoms with Crippen molar-refractivity contribution in [1.82, 2.24) is 51.5 Å². The second kappa shape index (κ2) is 33.2. The van der Waals surface area contributed by atoms with E-state index in [0.717, 1.165) is 5.69 Å². The molecular weight excluding hydrogens is 1110 g/mol. The number of carbonyl (C=O) groups is 8. The molecule has 0 spiro atoms. The smallest absolute Gasteiger partial charge is 0.245 e. The Balaban J connectivity index is 1.47. The Hall–Kier alpha value is -8.16. The number of aliphatic hydroxyl groups excluding tert-OH is 1. The average Bonchev–Trinajstić information content (AvgIpc) is 2.94. The van der Waals surface area contributed by atoms with E-state index >= 15 is 0 Å². The summed E-state index contributed by atoms with van der Waals surface area (Å²) < 4.78 is 31.1. The van der Waals surface area contributed by atoms with Gasteiger partial charge in [-0.1, -0.05) is 38.1 Å². The van der Waals surface area contributed by atoms with Crippen molar-refractivity contribution in [3.8, 4) is 0 Å². The number of rotatable bonds is 35. The molecule has 0 bridgehead atoms. The first-order valence-electron chi connectivity index (χ1n) is 27.8. The lowest BCUT2D eigenvalue weighted by molar-refractivity contribution is -0.141. The fourth-order valence-electron chi connectivity index (χ4n) is 9.46. The number of anilines is 1. The van der Waals surface area contributed by atoms with Gasteiger partial charge in [0.15, 0.2) is 11.9 Å². The number of imidazole rings is 1. The number of aromatic amines is 1. The number of aliphatic hydroxyl groups is 1. The number of hydrogen-bond donors (Lipinski definition) is 15. The van der Waals surface area contributed by atoms with E-state index in [2.05, 4.69) is 56.6 Å². The number of aromatic nitrogens is 2. The maximum absolute atomic E-state index is 14.5. The van der Waals surface area contributed by atoms with Crippen LogP contribution in [0.1, 0.15) is 90.7 Å². The Morgan fingerprint density at radius 1 is 0.750 bits per heavy atom. The zero-order chi connectivity index (χ0) is 62.3. The minimum atomic E-state index is -4.32. The summed E-state index contributed by atoms with van der Waals surface area (Å²) in [6.45, 7) is 4.66. The molecule has 1 fully saturated rings. The molecule has 1 aliphatic rings. The number of hydrogen-bond acceptors (Lipinski definition) is 16. The highest BCUT2D eigenvalue weighted by atomic mass is 32.2. The predicted molar refractivity (Wildman–Crippen MR) is 315 cm³/mol. The molecule has 1 saturated heterocycles. The summed E-state index contributed by atoms with van der Waals surface area (Å²) in [6.07, 6.45) is 2.88. The van der Waals surface area contributed by atoms with Crippen molar-refractivity contribution in [3.63, 3.8) is 0 Å². The van der Waals surface area contributed by atoms with Crippen molar-refractivity contribution < 1.29 is 51.9 Å². The van der Waals surface area contributed by atoms with Gasteiger partial charge in [0.1, 0.15) is 42.3 Å². The largest absolute Gasteiger partial charge is 0.391 e. The van der Waals surface area contributed by atoms with E-state index in [-0.39, 0.29) is 100 Å². The molecule has 3 aromatic rings. The number of fused-ring (bicyclic) bond motifs is 1. The molecule has 0 saturated carbocycles. The number of unbranched alkanes of at least 4 members (excludes halogenated alkanes) is 1. The van der Waals surface area contributed by atoms with Crippen LogP contribution >= 0.6 is 0 Å². The minimum Gasteiger partial charge on any atom is -0.391 e. The highest BCUT2D eigenvalue weighted by Gasteiger charge is 2.41. The normalized spacial score (nSPS) is 15.7. The SMILES string of the molecule is CC(C)C[C@H](NS(=O)(=O)c1cccc2c(N(C)C)cccc12)C(=O)N1CCC[C@H]1C(=O)N[C@@H](CCCCN)C(=O)N[C@H](C(=O)NCC(=O)N[C@@H](Cc1cnc[nH]1)C(=O)N[C@@H](CCCN=C(N)N)C(=O)N[C@@H](CCCN=C(N)N)C(N)=O)[C@@H](C)O. The summed E-state index contributed by atoms with van der Waals surface area (Å²) in [7, 11) is -0.631. The zero-order valence-electron chi connectivity index (χ0n) is 48.3. The van der Waals surface area contributed by atoms with Crippen LogP contribution in [0.5, 0.6) is 0 Å². The lowest BCUT2D eigenvalue weighted by atomic mass is 10.0.